The maximum atomic E-state index is 10.3. The van der Waals surface area contributed by atoms with Gasteiger partial charge in [-0.25, -0.2) is 0 Å². The molecule has 54 valence electrons. The van der Waals surface area contributed by atoms with Gasteiger partial charge in [0.05, 0.1) is 0 Å². The van der Waals surface area contributed by atoms with Gasteiger partial charge in [-0.2, -0.15) is 0 Å². The zero-order chi connectivity index (χ0) is 5.98. The molecule has 1 fully saturated rings. The molecule has 0 spiro atoms. The molecule has 0 saturated carbocycles. The van der Waals surface area contributed by atoms with Crippen molar-refractivity contribution in [3.05, 3.63) is 0 Å². The number of esters is 1. The van der Waals surface area contributed by atoms with Gasteiger partial charge >= 0.3 is 5.97 Å². The standard InChI is InChI=1S/C5H9NO2.ClH/c6-3-4-1-2-5(7)8-4;/h4H,1-3,6H2;1H. The molecule has 1 aliphatic rings. The number of rotatable bonds is 1. The molecule has 0 aliphatic carbocycles. The van der Waals surface area contributed by atoms with E-state index in [4.69, 9.17) is 10.5 Å². The highest BCUT2D eigenvalue weighted by molar-refractivity contribution is 5.85. The fraction of sp³-hybridized carbons (Fsp3) is 0.800. The third kappa shape index (κ3) is 2.20. The van der Waals surface area contributed by atoms with Crippen molar-refractivity contribution >= 4 is 18.4 Å². The molecular formula is C5H10ClNO2. The summed E-state index contributed by atoms with van der Waals surface area (Å²) in [6, 6.07) is 0. The number of hydrogen-bond acceptors (Lipinski definition) is 3. The van der Waals surface area contributed by atoms with E-state index in [2.05, 4.69) is 0 Å². The Morgan fingerprint density at radius 3 is 2.67 bits per heavy atom. The Kier molecular flexibility index (Phi) is 3.58. The average molecular weight is 152 g/mol. The number of carbonyl (C=O) groups excluding carboxylic acids is 1. The van der Waals surface area contributed by atoms with Crippen molar-refractivity contribution in [1.82, 2.24) is 0 Å². The molecule has 0 aromatic rings. The molecule has 9 heavy (non-hydrogen) atoms. The minimum atomic E-state index is -0.111. The van der Waals surface area contributed by atoms with E-state index in [-0.39, 0.29) is 24.5 Å². The molecular weight excluding hydrogens is 142 g/mol. The smallest absolute Gasteiger partial charge is 0.306 e. The largest absolute Gasteiger partial charge is 0.461 e. The fourth-order valence-electron chi connectivity index (χ4n) is 0.749. The molecule has 1 aliphatic heterocycles. The molecule has 0 amide bonds. The van der Waals surface area contributed by atoms with Gasteiger partial charge in [0.15, 0.2) is 0 Å². The van der Waals surface area contributed by atoms with E-state index in [1.807, 2.05) is 0 Å². The summed E-state index contributed by atoms with van der Waals surface area (Å²) in [5.41, 5.74) is 5.22. The quantitative estimate of drug-likeness (QED) is 0.540. The summed E-state index contributed by atoms with van der Waals surface area (Å²) in [4.78, 5) is 10.3. The Hall–Kier alpha value is -0.280. The predicted molar refractivity (Wildman–Crippen MR) is 35.4 cm³/mol. The summed E-state index contributed by atoms with van der Waals surface area (Å²) in [6.45, 7) is 0.464. The summed E-state index contributed by atoms with van der Waals surface area (Å²) in [5, 5.41) is 0. The number of ether oxygens (including phenoxy) is 1. The average Bonchev–Trinajstić information content (AvgIpc) is 2.14. The number of nitrogens with two attached hydrogens (primary N) is 1. The number of cyclic esters (lactones) is 1. The first kappa shape index (κ1) is 8.72. The third-order valence-corrected chi connectivity index (χ3v) is 1.23. The number of hydrogen-bond donors (Lipinski definition) is 1. The van der Waals surface area contributed by atoms with Gasteiger partial charge in [0.1, 0.15) is 6.10 Å². The Labute approximate surface area is 60.0 Å². The summed E-state index contributed by atoms with van der Waals surface area (Å²) < 4.78 is 4.75. The van der Waals surface area contributed by atoms with E-state index >= 15 is 0 Å². The van der Waals surface area contributed by atoms with Crippen molar-refractivity contribution in [3.63, 3.8) is 0 Å². The highest BCUT2D eigenvalue weighted by Gasteiger charge is 2.20. The van der Waals surface area contributed by atoms with E-state index in [0.29, 0.717) is 13.0 Å². The van der Waals surface area contributed by atoms with Crippen molar-refractivity contribution in [1.29, 1.82) is 0 Å². The van der Waals surface area contributed by atoms with E-state index in [0.717, 1.165) is 6.42 Å². The van der Waals surface area contributed by atoms with Crippen molar-refractivity contribution in [2.75, 3.05) is 6.54 Å². The predicted octanol–water partition coefficient (Wildman–Crippen LogP) is 0.0725. The molecule has 0 radical (unpaired) electrons. The van der Waals surface area contributed by atoms with E-state index in [1.165, 1.54) is 0 Å². The first-order valence-corrected chi connectivity index (χ1v) is 2.72. The minimum Gasteiger partial charge on any atom is -0.461 e. The Bertz CT molecular complexity index is 107. The minimum absolute atomic E-state index is 0. The lowest BCUT2D eigenvalue weighted by molar-refractivity contribution is -0.141. The second-order valence-corrected chi connectivity index (χ2v) is 1.89. The van der Waals surface area contributed by atoms with Gasteiger partial charge < -0.3 is 10.5 Å². The Morgan fingerprint density at radius 1 is 1.78 bits per heavy atom. The van der Waals surface area contributed by atoms with Gasteiger partial charge in [-0.05, 0) is 6.42 Å². The molecule has 1 atom stereocenters. The number of carbonyl (C=O) groups is 1. The van der Waals surface area contributed by atoms with Crippen LogP contribution in [0, 0.1) is 0 Å². The van der Waals surface area contributed by atoms with Crippen LogP contribution in [-0.4, -0.2) is 18.6 Å². The number of halogens is 1. The van der Waals surface area contributed by atoms with Gasteiger partial charge in [-0.3, -0.25) is 4.79 Å². The van der Waals surface area contributed by atoms with Crippen LogP contribution in [0.15, 0.2) is 0 Å². The lowest BCUT2D eigenvalue weighted by Crippen LogP contribution is -2.18. The van der Waals surface area contributed by atoms with E-state index < -0.39 is 0 Å². The van der Waals surface area contributed by atoms with Crippen LogP contribution >= 0.6 is 12.4 Å². The second kappa shape index (κ2) is 3.69. The van der Waals surface area contributed by atoms with Crippen molar-refractivity contribution in [2.45, 2.75) is 18.9 Å². The summed E-state index contributed by atoms with van der Waals surface area (Å²) in [5.74, 6) is -0.111. The maximum absolute atomic E-state index is 10.3. The van der Waals surface area contributed by atoms with Crippen molar-refractivity contribution in [3.8, 4) is 0 Å². The van der Waals surface area contributed by atoms with Crippen LogP contribution in [0.2, 0.25) is 0 Å². The molecule has 3 nitrogen and oxygen atoms in total. The van der Waals surface area contributed by atoms with Crippen LogP contribution in [0.5, 0.6) is 0 Å². The fourth-order valence-corrected chi connectivity index (χ4v) is 0.749. The lowest BCUT2D eigenvalue weighted by atomic mass is 10.2. The van der Waals surface area contributed by atoms with E-state index in [1.54, 1.807) is 0 Å². The van der Waals surface area contributed by atoms with E-state index in [9.17, 15) is 4.79 Å². The van der Waals surface area contributed by atoms with Crippen LogP contribution in [-0.2, 0) is 9.53 Å². The van der Waals surface area contributed by atoms with Crippen molar-refractivity contribution < 1.29 is 9.53 Å². The van der Waals surface area contributed by atoms with Crippen LogP contribution in [0.1, 0.15) is 12.8 Å². The monoisotopic (exact) mass is 151 g/mol. The van der Waals surface area contributed by atoms with Gasteiger partial charge in [0.2, 0.25) is 0 Å². The molecule has 2 N–H and O–H groups in total. The summed E-state index contributed by atoms with van der Waals surface area (Å²) in [6.07, 6.45) is 1.35. The second-order valence-electron chi connectivity index (χ2n) is 1.89. The highest BCUT2D eigenvalue weighted by Crippen LogP contribution is 2.11. The Balaban J connectivity index is 0.000000640. The summed E-state index contributed by atoms with van der Waals surface area (Å²) >= 11 is 0. The first-order valence-electron chi connectivity index (χ1n) is 2.72. The molecule has 1 saturated heterocycles. The topological polar surface area (TPSA) is 52.3 Å². The molecule has 0 bridgehead atoms. The van der Waals surface area contributed by atoms with Gasteiger partial charge in [-0.1, -0.05) is 0 Å². The Morgan fingerprint density at radius 2 is 2.44 bits per heavy atom. The van der Waals surface area contributed by atoms with Crippen LogP contribution in [0.25, 0.3) is 0 Å². The summed E-state index contributed by atoms with van der Waals surface area (Å²) in [7, 11) is 0. The molecule has 0 aromatic carbocycles. The highest BCUT2D eigenvalue weighted by atomic mass is 35.5. The molecule has 1 unspecified atom stereocenters. The molecule has 1 heterocycles. The zero-order valence-electron chi connectivity index (χ0n) is 5.00. The zero-order valence-corrected chi connectivity index (χ0v) is 5.82. The lowest BCUT2D eigenvalue weighted by Gasteiger charge is -2.01. The van der Waals surface area contributed by atoms with Gasteiger partial charge in [-0.15, -0.1) is 12.4 Å². The normalized spacial score (nSPS) is 25.0. The maximum Gasteiger partial charge on any atom is 0.306 e. The van der Waals surface area contributed by atoms with Crippen LogP contribution in [0.3, 0.4) is 0 Å². The van der Waals surface area contributed by atoms with Crippen LogP contribution in [0.4, 0.5) is 0 Å². The molecule has 4 heteroatoms. The van der Waals surface area contributed by atoms with Gasteiger partial charge in [0.25, 0.3) is 0 Å². The molecule has 0 aromatic heterocycles. The SMILES string of the molecule is Cl.NCC1CCC(=O)O1. The first-order chi connectivity index (χ1) is 3.83. The third-order valence-electron chi connectivity index (χ3n) is 1.23. The van der Waals surface area contributed by atoms with Gasteiger partial charge in [0, 0.05) is 13.0 Å². The molecule has 1 rings (SSSR count). The van der Waals surface area contributed by atoms with Crippen molar-refractivity contribution in [2.24, 2.45) is 5.73 Å². The van der Waals surface area contributed by atoms with Crippen LogP contribution < -0.4 is 5.73 Å².